The lowest BCUT2D eigenvalue weighted by Crippen LogP contribution is -2.16. The van der Waals surface area contributed by atoms with Gasteiger partial charge in [-0.05, 0) is 35.9 Å². The van der Waals surface area contributed by atoms with Crippen molar-refractivity contribution in [2.45, 2.75) is 4.90 Å². The molecule has 6 N–H and O–H groups in total. The van der Waals surface area contributed by atoms with Crippen molar-refractivity contribution in [2.75, 3.05) is 50.2 Å². The molecule has 0 spiro atoms. The zero-order chi connectivity index (χ0) is 20.4. The molecular weight excluding hydrogens is 410 g/mol. The van der Waals surface area contributed by atoms with E-state index in [0.717, 1.165) is 0 Å². The van der Waals surface area contributed by atoms with Crippen LogP contribution >= 0.6 is 11.6 Å². The van der Waals surface area contributed by atoms with Crippen LogP contribution in [0.5, 0.6) is 0 Å². The fourth-order valence-electron chi connectivity index (χ4n) is 1.98. The minimum Gasteiger partial charge on any atom is -0.378 e. The fourth-order valence-corrected chi connectivity index (χ4v) is 2.66. The summed E-state index contributed by atoms with van der Waals surface area (Å²) in [4.78, 5) is 12.2. The average Bonchev–Trinajstić information content (AvgIpc) is 2.63. The number of halogens is 1. The van der Waals surface area contributed by atoms with Crippen molar-refractivity contribution in [3.63, 3.8) is 0 Å². The summed E-state index contributed by atoms with van der Waals surface area (Å²) in [5.41, 5.74) is 5.87. The highest BCUT2D eigenvalue weighted by Crippen LogP contribution is 2.17. The van der Waals surface area contributed by atoms with Gasteiger partial charge in [0.05, 0.1) is 31.3 Å². The molecule has 11 nitrogen and oxygen atoms in total. The summed E-state index contributed by atoms with van der Waals surface area (Å²) in [6, 6.07) is 5.80. The highest BCUT2D eigenvalue weighted by Gasteiger charge is 2.09. The average molecular weight is 432 g/mol. The number of sulfonamides is 1. The van der Waals surface area contributed by atoms with Gasteiger partial charge in [0.25, 0.3) is 0 Å². The number of primary sulfonamides is 1. The van der Waals surface area contributed by atoms with Crippen LogP contribution in [0.1, 0.15) is 0 Å². The summed E-state index contributed by atoms with van der Waals surface area (Å²) >= 11 is 5.92. The maximum atomic E-state index is 11.3. The van der Waals surface area contributed by atoms with Gasteiger partial charge in [0.15, 0.2) is 0 Å². The monoisotopic (exact) mass is 431 g/mol. The number of nitrogens with two attached hydrogens (primary N) is 2. The van der Waals surface area contributed by atoms with Crippen molar-refractivity contribution in [2.24, 2.45) is 10.9 Å². The topological polar surface area (TPSA) is 167 Å². The first-order valence-corrected chi connectivity index (χ1v) is 10.2. The van der Waals surface area contributed by atoms with Crippen LogP contribution in [0, 0.1) is 0 Å². The number of nitrogens with one attached hydrogen (secondary N) is 2. The van der Waals surface area contributed by atoms with E-state index in [1.54, 1.807) is 0 Å². The molecule has 0 unspecified atom stereocenters. The molecule has 0 saturated carbocycles. The second kappa shape index (κ2) is 11.0. The van der Waals surface area contributed by atoms with Crippen LogP contribution in [-0.4, -0.2) is 62.9 Å². The van der Waals surface area contributed by atoms with Gasteiger partial charge in [-0.15, -0.1) is 0 Å². The van der Waals surface area contributed by atoms with Crippen LogP contribution in [0.2, 0.25) is 5.28 Å². The van der Waals surface area contributed by atoms with Gasteiger partial charge >= 0.3 is 0 Å². The van der Waals surface area contributed by atoms with Crippen molar-refractivity contribution in [3.8, 4) is 0 Å². The van der Waals surface area contributed by atoms with E-state index in [9.17, 15) is 8.42 Å². The van der Waals surface area contributed by atoms with Gasteiger partial charge in [-0.25, -0.2) is 13.6 Å². The van der Waals surface area contributed by atoms with Gasteiger partial charge in [-0.3, -0.25) is 0 Å². The molecule has 0 bridgehead atoms. The van der Waals surface area contributed by atoms with E-state index in [1.165, 1.54) is 24.3 Å². The second-order valence-electron chi connectivity index (χ2n) is 5.39. The van der Waals surface area contributed by atoms with E-state index in [4.69, 9.17) is 31.9 Å². The van der Waals surface area contributed by atoms with E-state index in [-0.39, 0.29) is 22.1 Å². The van der Waals surface area contributed by atoms with E-state index in [1.807, 2.05) is 0 Å². The van der Waals surface area contributed by atoms with Crippen LogP contribution in [0.15, 0.2) is 29.2 Å². The Balaban J connectivity index is 1.85. The molecule has 154 valence electrons. The third-order valence-corrected chi connectivity index (χ3v) is 4.31. The van der Waals surface area contributed by atoms with Crippen molar-refractivity contribution in [3.05, 3.63) is 29.5 Å². The molecule has 0 amide bonds. The molecule has 2 rings (SSSR count). The predicted molar refractivity (Wildman–Crippen MR) is 105 cm³/mol. The lowest BCUT2D eigenvalue weighted by Gasteiger charge is -2.09. The summed E-state index contributed by atoms with van der Waals surface area (Å²) in [7, 11) is -3.75. The standard InChI is InChI=1S/C15H22ClN7O4S/c16-13-21-14(19-6-8-27-10-9-26-7-5-17)23-15(22-13)20-11-1-3-12(4-2-11)28(18,24)25/h1-4H,5-10,17H2,(H2,18,24,25)(H2,19,20,21,22,23). The Kier molecular flexibility index (Phi) is 8.76. The minimum atomic E-state index is -3.75. The summed E-state index contributed by atoms with van der Waals surface area (Å²) < 4.78 is 33.1. The van der Waals surface area contributed by atoms with Crippen molar-refractivity contribution < 1.29 is 17.9 Å². The number of hydrogen-bond donors (Lipinski definition) is 4. The van der Waals surface area contributed by atoms with Gasteiger partial charge in [0.2, 0.25) is 27.2 Å². The predicted octanol–water partition coefficient (Wildman–Crippen LogP) is 0.320. The van der Waals surface area contributed by atoms with Crippen molar-refractivity contribution in [1.29, 1.82) is 0 Å². The van der Waals surface area contributed by atoms with E-state index in [2.05, 4.69) is 25.6 Å². The van der Waals surface area contributed by atoms with Crippen molar-refractivity contribution in [1.82, 2.24) is 15.0 Å². The van der Waals surface area contributed by atoms with E-state index >= 15 is 0 Å². The van der Waals surface area contributed by atoms with Gasteiger partial charge in [-0.1, -0.05) is 0 Å². The third kappa shape index (κ3) is 7.88. The Bertz CT molecular complexity index is 852. The zero-order valence-corrected chi connectivity index (χ0v) is 16.5. The normalized spacial score (nSPS) is 11.4. The number of anilines is 3. The minimum absolute atomic E-state index is 0.00233. The van der Waals surface area contributed by atoms with Crippen LogP contribution in [0.3, 0.4) is 0 Å². The molecule has 2 aromatic rings. The van der Waals surface area contributed by atoms with E-state index < -0.39 is 10.0 Å². The summed E-state index contributed by atoms with van der Waals surface area (Å²) in [6.07, 6.45) is 0. The van der Waals surface area contributed by atoms with Crippen LogP contribution in [0.4, 0.5) is 17.6 Å². The first-order chi connectivity index (χ1) is 13.4. The number of aromatic nitrogens is 3. The molecule has 13 heteroatoms. The van der Waals surface area contributed by atoms with Crippen LogP contribution < -0.4 is 21.5 Å². The highest BCUT2D eigenvalue weighted by molar-refractivity contribution is 7.89. The molecule has 1 aromatic heterocycles. The first kappa shape index (κ1) is 22.2. The Morgan fingerprint density at radius 2 is 1.61 bits per heavy atom. The Morgan fingerprint density at radius 3 is 2.25 bits per heavy atom. The molecule has 1 aromatic carbocycles. The number of nitrogens with zero attached hydrogens (tertiary/aromatic N) is 3. The third-order valence-electron chi connectivity index (χ3n) is 3.21. The molecular formula is C15H22ClN7O4S. The van der Waals surface area contributed by atoms with Crippen LogP contribution in [-0.2, 0) is 19.5 Å². The molecule has 0 aliphatic heterocycles. The highest BCUT2D eigenvalue weighted by atomic mass is 35.5. The molecule has 0 atom stereocenters. The molecule has 0 saturated heterocycles. The summed E-state index contributed by atoms with van der Waals surface area (Å²) in [5, 5.41) is 11.0. The quantitative estimate of drug-likeness (QED) is 0.343. The Morgan fingerprint density at radius 1 is 0.964 bits per heavy atom. The van der Waals surface area contributed by atoms with Gasteiger partial charge in [0.1, 0.15) is 0 Å². The SMILES string of the molecule is NCCOCCOCCNc1nc(Cl)nc(Nc2ccc(S(N)(=O)=O)cc2)n1. The lowest BCUT2D eigenvalue weighted by atomic mass is 10.3. The number of hydrogen-bond acceptors (Lipinski definition) is 10. The number of benzene rings is 1. The van der Waals surface area contributed by atoms with Gasteiger partial charge < -0.3 is 25.8 Å². The van der Waals surface area contributed by atoms with E-state index in [0.29, 0.717) is 45.2 Å². The maximum absolute atomic E-state index is 11.3. The molecule has 0 radical (unpaired) electrons. The molecule has 1 heterocycles. The largest absolute Gasteiger partial charge is 0.378 e. The Labute approximate surface area is 167 Å². The molecule has 0 fully saturated rings. The van der Waals surface area contributed by atoms with Gasteiger partial charge in [-0.2, -0.15) is 15.0 Å². The molecule has 0 aliphatic rings. The summed E-state index contributed by atoms with van der Waals surface area (Å²) in [6.45, 7) is 2.81. The number of ether oxygens (including phenoxy) is 2. The smallest absolute Gasteiger partial charge is 0.238 e. The first-order valence-electron chi connectivity index (χ1n) is 8.29. The molecule has 28 heavy (non-hydrogen) atoms. The second-order valence-corrected chi connectivity index (χ2v) is 7.29. The van der Waals surface area contributed by atoms with Crippen LogP contribution in [0.25, 0.3) is 0 Å². The maximum Gasteiger partial charge on any atom is 0.238 e. The fraction of sp³-hybridized carbons (Fsp3) is 0.400. The Hall–Kier alpha value is -2.09. The zero-order valence-electron chi connectivity index (χ0n) is 15.0. The van der Waals surface area contributed by atoms with Crippen molar-refractivity contribution >= 4 is 39.2 Å². The molecule has 0 aliphatic carbocycles. The summed E-state index contributed by atoms with van der Waals surface area (Å²) in [5.74, 6) is 0.466. The lowest BCUT2D eigenvalue weighted by molar-refractivity contribution is 0.0547. The van der Waals surface area contributed by atoms with Gasteiger partial charge in [0, 0.05) is 18.8 Å². The number of rotatable bonds is 12.